The zero-order valence-electron chi connectivity index (χ0n) is 14.4. The SMILES string of the molecule is Cc1ccc(-c2cc(C)c(CN)c(=O)n2C2CCCC2)c(C)c1. The third kappa shape index (κ3) is 2.86. The van der Waals surface area contributed by atoms with E-state index in [2.05, 4.69) is 38.1 Å². The second kappa shape index (κ2) is 6.32. The monoisotopic (exact) mass is 310 g/mol. The smallest absolute Gasteiger partial charge is 0.256 e. The molecule has 1 aliphatic carbocycles. The molecule has 0 unspecified atom stereocenters. The quantitative estimate of drug-likeness (QED) is 0.931. The van der Waals surface area contributed by atoms with Gasteiger partial charge in [0.2, 0.25) is 0 Å². The molecule has 0 atom stereocenters. The molecule has 0 bridgehead atoms. The Kier molecular flexibility index (Phi) is 4.40. The summed E-state index contributed by atoms with van der Waals surface area (Å²) in [6.07, 6.45) is 4.58. The molecular formula is C20H26N2O. The van der Waals surface area contributed by atoms with E-state index in [9.17, 15) is 4.79 Å². The Morgan fingerprint density at radius 1 is 1.09 bits per heavy atom. The summed E-state index contributed by atoms with van der Waals surface area (Å²) in [5, 5.41) is 0. The fourth-order valence-corrected chi connectivity index (χ4v) is 3.87. The number of aromatic nitrogens is 1. The summed E-state index contributed by atoms with van der Waals surface area (Å²) in [5.41, 5.74) is 12.4. The highest BCUT2D eigenvalue weighted by Crippen LogP contribution is 2.34. The normalized spacial score (nSPS) is 15.3. The number of aryl methyl sites for hydroxylation is 3. The zero-order valence-corrected chi connectivity index (χ0v) is 14.4. The summed E-state index contributed by atoms with van der Waals surface area (Å²) in [6.45, 7) is 6.53. The Bertz CT molecular complexity index is 783. The lowest BCUT2D eigenvalue weighted by molar-refractivity contribution is 0.504. The maximum atomic E-state index is 13.1. The molecule has 1 saturated carbocycles. The molecule has 3 nitrogen and oxygen atoms in total. The summed E-state index contributed by atoms with van der Waals surface area (Å²) in [5.74, 6) is 0. The van der Waals surface area contributed by atoms with Gasteiger partial charge in [0, 0.05) is 23.7 Å². The molecular weight excluding hydrogens is 284 g/mol. The lowest BCUT2D eigenvalue weighted by Crippen LogP contribution is -2.30. The van der Waals surface area contributed by atoms with E-state index < -0.39 is 0 Å². The number of nitrogens with zero attached hydrogens (tertiary/aromatic N) is 1. The van der Waals surface area contributed by atoms with Gasteiger partial charge in [0.25, 0.3) is 5.56 Å². The van der Waals surface area contributed by atoms with Gasteiger partial charge in [0.15, 0.2) is 0 Å². The van der Waals surface area contributed by atoms with Crippen molar-refractivity contribution in [2.45, 2.75) is 59.0 Å². The first kappa shape index (κ1) is 16.0. The van der Waals surface area contributed by atoms with Crippen LogP contribution in [0.2, 0.25) is 0 Å². The van der Waals surface area contributed by atoms with Crippen LogP contribution >= 0.6 is 0 Å². The molecule has 1 aliphatic rings. The van der Waals surface area contributed by atoms with Crippen molar-refractivity contribution >= 4 is 0 Å². The lowest BCUT2D eigenvalue weighted by Gasteiger charge is -2.22. The first-order valence-corrected chi connectivity index (χ1v) is 8.55. The highest BCUT2D eigenvalue weighted by molar-refractivity contribution is 5.66. The number of nitrogens with two attached hydrogens (primary N) is 1. The molecule has 0 radical (unpaired) electrons. The molecule has 0 saturated heterocycles. The standard InChI is InChI=1S/C20H26N2O/c1-13-8-9-17(14(2)10-13)19-11-15(3)18(12-21)20(23)22(19)16-6-4-5-7-16/h8-11,16H,4-7,12,21H2,1-3H3. The Labute approximate surface area is 138 Å². The molecule has 1 heterocycles. The van der Waals surface area contributed by atoms with Gasteiger partial charge in [0.1, 0.15) is 0 Å². The van der Waals surface area contributed by atoms with Gasteiger partial charge >= 0.3 is 0 Å². The average molecular weight is 310 g/mol. The highest BCUT2D eigenvalue weighted by Gasteiger charge is 2.23. The van der Waals surface area contributed by atoms with E-state index >= 15 is 0 Å². The third-order valence-electron chi connectivity index (χ3n) is 5.12. The van der Waals surface area contributed by atoms with E-state index in [4.69, 9.17) is 5.73 Å². The van der Waals surface area contributed by atoms with E-state index in [1.54, 1.807) is 0 Å². The van der Waals surface area contributed by atoms with Gasteiger partial charge in [-0.05, 0) is 50.8 Å². The number of pyridine rings is 1. The Morgan fingerprint density at radius 3 is 2.39 bits per heavy atom. The molecule has 0 aliphatic heterocycles. The van der Waals surface area contributed by atoms with Crippen molar-refractivity contribution in [2.24, 2.45) is 5.73 Å². The van der Waals surface area contributed by atoms with Gasteiger partial charge in [-0.15, -0.1) is 0 Å². The predicted octanol–water partition coefficient (Wildman–Crippen LogP) is 4.01. The van der Waals surface area contributed by atoms with Crippen molar-refractivity contribution in [2.75, 3.05) is 0 Å². The molecule has 122 valence electrons. The van der Waals surface area contributed by atoms with E-state index in [1.807, 2.05) is 11.5 Å². The van der Waals surface area contributed by atoms with Gasteiger partial charge in [-0.1, -0.05) is 36.6 Å². The highest BCUT2D eigenvalue weighted by atomic mass is 16.1. The van der Waals surface area contributed by atoms with Gasteiger partial charge in [0.05, 0.1) is 5.69 Å². The second-order valence-corrected chi connectivity index (χ2v) is 6.83. The Balaban J connectivity index is 2.28. The maximum absolute atomic E-state index is 13.1. The van der Waals surface area contributed by atoms with Crippen molar-refractivity contribution < 1.29 is 0 Å². The number of hydrogen-bond donors (Lipinski definition) is 1. The van der Waals surface area contributed by atoms with Crippen LogP contribution in [-0.4, -0.2) is 4.57 Å². The van der Waals surface area contributed by atoms with Crippen LogP contribution in [0.15, 0.2) is 29.1 Å². The van der Waals surface area contributed by atoms with Crippen LogP contribution in [0, 0.1) is 20.8 Å². The Morgan fingerprint density at radius 2 is 1.78 bits per heavy atom. The summed E-state index contributed by atoms with van der Waals surface area (Å²) in [6, 6.07) is 8.92. The van der Waals surface area contributed by atoms with Crippen LogP contribution in [-0.2, 0) is 6.54 Å². The third-order valence-corrected chi connectivity index (χ3v) is 5.12. The molecule has 1 aromatic carbocycles. The summed E-state index contributed by atoms with van der Waals surface area (Å²) >= 11 is 0. The second-order valence-electron chi connectivity index (χ2n) is 6.83. The van der Waals surface area contributed by atoms with Crippen molar-refractivity contribution in [3.63, 3.8) is 0 Å². The van der Waals surface area contributed by atoms with Crippen LogP contribution in [0.1, 0.15) is 54.0 Å². The average Bonchev–Trinajstić information content (AvgIpc) is 3.01. The van der Waals surface area contributed by atoms with E-state index in [0.29, 0.717) is 12.6 Å². The van der Waals surface area contributed by atoms with Crippen LogP contribution in [0.4, 0.5) is 0 Å². The molecule has 23 heavy (non-hydrogen) atoms. The van der Waals surface area contributed by atoms with Crippen molar-refractivity contribution in [1.29, 1.82) is 0 Å². The fourth-order valence-electron chi connectivity index (χ4n) is 3.87. The van der Waals surface area contributed by atoms with Crippen LogP contribution in [0.5, 0.6) is 0 Å². The van der Waals surface area contributed by atoms with Crippen LogP contribution in [0.25, 0.3) is 11.3 Å². The maximum Gasteiger partial charge on any atom is 0.256 e. The van der Waals surface area contributed by atoms with Crippen LogP contribution < -0.4 is 11.3 Å². The minimum Gasteiger partial charge on any atom is -0.326 e. The first-order valence-electron chi connectivity index (χ1n) is 8.55. The molecule has 0 spiro atoms. The summed E-state index contributed by atoms with van der Waals surface area (Å²) in [4.78, 5) is 13.1. The molecule has 0 amide bonds. The first-order chi connectivity index (χ1) is 11.0. The van der Waals surface area contributed by atoms with Crippen LogP contribution in [0.3, 0.4) is 0 Å². The number of benzene rings is 1. The number of hydrogen-bond acceptors (Lipinski definition) is 2. The van der Waals surface area contributed by atoms with Crippen molar-refractivity contribution in [1.82, 2.24) is 4.57 Å². The van der Waals surface area contributed by atoms with E-state index in [-0.39, 0.29) is 5.56 Å². The minimum absolute atomic E-state index is 0.106. The van der Waals surface area contributed by atoms with Gasteiger partial charge in [-0.3, -0.25) is 4.79 Å². The molecule has 3 rings (SSSR count). The van der Waals surface area contributed by atoms with E-state index in [0.717, 1.165) is 35.2 Å². The zero-order chi connectivity index (χ0) is 16.6. The predicted molar refractivity (Wildman–Crippen MR) is 95.7 cm³/mol. The molecule has 1 fully saturated rings. The molecule has 1 aromatic heterocycles. The van der Waals surface area contributed by atoms with Gasteiger partial charge in [-0.25, -0.2) is 0 Å². The Hall–Kier alpha value is -1.87. The van der Waals surface area contributed by atoms with Gasteiger partial charge < -0.3 is 10.3 Å². The summed E-state index contributed by atoms with van der Waals surface area (Å²) < 4.78 is 2.03. The van der Waals surface area contributed by atoms with E-state index in [1.165, 1.54) is 24.0 Å². The lowest BCUT2D eigenvalue weighted by atomic mass is 9.98. The molecule has 3 heteroatoms. The fraction of sp³-hybridized carbons (Fsp3) is 0.450. The van der Waals surface area contributed by atoms with Gasteiger partial charge in [-0.2, -0.15) is 0 Å². The van der Waals surface area contributed by atoms with Crippen molar-refractivity contribution in [3.05, 3.63) is 56.9 Å². The molecule has 2 aromatic rings. The summed E-state index contributed by atoms with van der Waals surface area (Å²) in [7, 11) is 0. The topological polar surface area (TPSA) is 48.0 Å². The minimum atomic E-state index is 0.106. The largest absolute Gasteiger partial charge is 0.326 e. The number of rotatable bonds is 3. The van der Waals surface area contributed by atoms with Crippen molar-refractivity contribution in [3.8, 4) is 11.3 Å². The molecule has 2 N–H and O–H groups in total.